The topological polar surface area (TPSA) is 56.5 Å². The number of allylic oxidation sites excluding steroid dienone is 3. The average Bonchev–Trinajstić information content (AvgIpc) is 3.14. The van der Waals surface area contributed by atoms with E-state index in [1.807, 2.05) is 54.6 Å². The molecule has 0 fully saturated rings. The highest BCUT2D eigenvalue weighted by molar-refractivity contribution is 6.07. The zero-order valence-corrected chi connectivity index (χ0v) is 14.1. The molecule has 128 valence electrons. The van der Waals surface area contributed by atoms with Gasteiger partial charge in [0.25, 0.3) is 0 Å². The van der Waals surface area contributed by atoms with Crippen molar-refractivity contribution >= 4 is 17.8 Å². The molecule has 0 saturated carbocycles. The fourth-order valence-corrected chi connectivity index (χ4v) is 3.12. The SMILES string of the molecule is CCOC(=O)[C@H]1C(=O)C=C(/C=C/c2ccco2)C[C@H]1c1ccccc1. The lowest BCUT2D eigenvalue weighted by atomic mass is 9.75. The molecule has 2 aromatic rings. The van der Waals surface area contributed by atoms with Crippen LogP contribution in [0, 0.1) is 5.92 Å². The molecule has 1 aromatic heterocycles. The normalized spacial score (nSPS) is 20.5. The van der Waals surface area contributed by atoms with Gasteiger partial charge in [0.1, 0.15) is 11.7 Å². The maximum absolute atomic E-state index is 12.6. The summed E-state index contributed by atoms with van der Waals surface area (Å²) in [5, 5.41) is 0. The molecule has 0 spiro atoms. The molecule has 4 heteroatoms. The molecular weight excluding hydrogens is 316 g/mol. The number of rotatable bonds is 5. The quantitative estimate of drug-likeness (QED) is 0.608. The second-order valence-electron chi connectivity index (χ2n) is 5.92. The van der Waals surface area contributed by atoms with Crippen LogP contribution in [0.15, 0.2) is 70.9 Å². The number of ether oxygens (including phenoxy) is 1. The van der Waals surface area contributed by atoms with Crippen molar-refractivity contribution in [2.45, 2.75) is 19.3 Å². The lowest BCUT2D eigenvalue weighted by Gasteiger charge is -2.28. The van der Waals surface area contributed by atoms with E-state index in [4.69, 9.17) is 9.15 Å². The van der Waals surface area contributed by atoms with Gasteiger partial charge < -0.3 is 9.15 Å². The van der Waals surface area contributed by atoms with Crippen LogP contribution in [-0.2, 0) is 14.3 Å². The van der Waals surface area contributed by atoms with E-state index in [-0.39, 0.29) is 18.3 Å². The number of hydrogen-bond donors (Lipinski definition) is 0. The van der Waals surface area contributed by atoms with Crippen molar-refractivity contribution < 1.29 is 18.7 Å². The van der Waals surface area contributed by atoms with Gasteiger partial charge in [0.15, 0.2) is 5.78 Å². The molecule has 0 unspecified atom stereocenters. The first-order valence-corrected chi connectivity index (χ1v) is 8.36. The highest BCUT2D eigenvalue weighted by Crippen LogP contribution is 2.37. The van der Waals surface area contributed by atoms with Crippen molar-refractivity contribution in [1.29, 1.82) is 0 Å². The van der Waals surface area contributed by atoms with Gasteiger partial charge in [0, 0.05) is 5.92 Å². The first-order valence-electron chi connectivity index (χ1n) is 8.36. The molecule has 0 amide bonds. The van der Waals surface area contributed by atoms with E-state index in [9.17, 15) is 9.59 Å². The lowest BCUT2D eigenvalue weighted by molar-refractivity contribution is -0.151. The van der Waals surface area contributed by atoms with Gasteiger partial charge in [-0.05, 0) is 48.8 Å². The second-order valence-corrected chi connectivity index (χ2v) is 5.92. The molecule has 0 saturated heterocycles. The van der Waals surface area contributed by atoms with Crippen LogP contribution >= 0.6 is 0 Å². The van der Waals surface area contributed by atoms with Crippen molar-refractivity contribution in [1.82, 2.24) is 0 Å². The van der Waals surface area contributed by atoms with Crippen molar-refractivity contribution in [2.24, 2.45) is 5.92 Å². The molecule has 0 aliphatic heterocycles. The average molecular weight is 336 g/mol. The third-order valence-corrected chi connectivity index (χ3v) is 4.27. The van der Waals surface area contributed by atoms with Crippen molar-refractivity contribution in [3.63, 3.8) is 0 Å². The van der Waals surface area contributed by atoms with Crippen LogP contribution in [-0.4, -0.2) is 18.4 Å². The Kier molecular flexibility index (Phi) is 5.29. The van der Waals surface area contributed by atoms with E-state index in [2.05, 4.69) is 0 Å². The van der Waals surface area contributed by atoms with Crippen molar-refractivity contribution in [3.8, 4) is 0 Å². The summed E-state index contributed by atoms with van der Waals surface area (Å²) in [6, 6.07) is 13.3. The van der Waals surface area contributed by atoms with Gasteiger partial charge in [-0.2, -0.15) is 0 Å². The van der Waals surface area contributed by atoms with E-state index in [0.29, 0.717) is 6.42 Å². The van der Waals surface area contributed by atoms with Gasteiger partial charge in [-0.1, -0.05) is 36.4 Å². The maximum atomic E-state index is 12.6. The van der Waals surface area contributed by atoms with Gasteiger partial charge in [-0.3, -0.25) is 9.59 Å². The van der Waals surface area contributed by atoms with Crippen LogP contribution in [0.2, 0.25) is 0 Å². The summed E-state index contributed by atoms with van der Waals surface area (Å²) in [6.07, 6.45) is 7.43. The molecule has 2 atom stereocenters. The molecule has 3 rings (SSSR count). The smallest absolute Gasteiger partial charge is 0.317 e. The molecule has 1 aliphatic rings. The molecule has 1 aliphatic carbocycles. The fraction of sp³-hybridized carbons (Fsp3) is 0.238. The number of esters is 1. The molecule has 4 nitrogen and oxygen atoms in total. The maximum Gasteiger partial charge on any atom is 0.317 e. The standard InChI is InChI=1S/C21H20O4/c1-2-24-21(23)20-18(16-7-4-3-5-8-16)13-15(14-19(20)22)10-11-17-9-6-12-25-17/h3-12,14,18,20H,2,13H2,1H3/b11-10+/t18-,20+/m0/s1. The highest BCUT2D eigenvalue weighted by Gasteiger charge is 2.38. The number of ketones is 1. The first kappa shape index (κ1) is 17.0. The van der Waals surface area contributed by atoms with Crippen LogP contribution in [0.4, 0.5) is 0 Å². The molecule has 0 radical (unpaired) electrons. The second kappa shape index (κ2) is 7.79. The third-order valence-electron chi connectivity index (χ3n) is 4.27. The van der Waals surface area contributed by atoms with Gasteiger partial charge in [0.05, 0.1) is 12.9 Å². The third kappa shape index (κ3) is 3.97. The molecule has 0 N–H and O–H groups in total. The van der Waals surface area contributed by atoms with Crippen LogP contribution in [0.5, 0.6) is 0 Å². The summed E-state index contributed by atoms with van der Waals surface area (Å²) in [6.45, 7) is 2.01. The minimum Gasteiger partial charge on any atom is -0.465 e. The van der Waals surface area contributed by atoms with Crippen LogP contribution in [0.1, 0.15) is 30.6 Å². The van der Waals surface area contributed by atoms with Crippen LogP contribution < -0.4 is 0 Å². The largest absolute Gasteiger partial charge is 0.465 e. The van der Waals surface area contributed by atoms with Gasteiger partial charge in [0.2, 0.25) is 0 Å². The summed E-state index contributed by atoms with van der Waals surface area (Å²) in [5.74, 6) is -0.960. The Hall–Kier alpha value is -2.88. The van der Waals surface area contributed by atoms with E-state index in [1.165, 1.54) is 0 Å². The van der Waals surface area contributed by atoms with Gasteiger partial charge >= 0.3 is 5.97 Å². The number of carbonyl (C=O) groups is 2. The van der Waals surface area contributed by atoms with E-state index in [0.717, 1.165) is 16.9 Å². The van der Waals surface area contributed by atoms with E-state index < -0.39 is 11.9 Å². The Morgan fingerprint density at radius 3 is 2.68 bits per heavy atom. The monoisotopic (exact) mass is 336 g/mol. The van der Waals surface area contributed by atoms with Crippen LogP contribution in [0.25, 0.3) is 6.08 Å². The van der Waals surface area contributed by atoms with Gasteiger partial charge in [-0.25, -0.2) is 0 Å². The Morgan fingerprint density at radius 1 is 1.20 bits per heavy atom. The summed E-state index contributed by atoms with van der Waals surface area (Å²) < 4.78 is 10.4. The number of carbonyl (C=O) groups excluding carboxylic acids is 2. The Morgan fingerprint density at radius 2 is 2.00 bits per heavy atom. The molecule has 1 aromatic carbocycles. The Bertz CT molecular complexity index is 785. The van der Waals surface area contributed by atoms with Gasteiger partial charge in [-0.15, -0.1) is 0 Å². The number of furan rings is 1. The highest BCUT2D eigenvalue weighted by atomic mass is 16.5. The zero-order chi connectivity index (χ0) is 17.6. The predicted molar refractivity (Wildman–Crippen MR) is 94.8 cm³/mol. The van der Waals surface area contributed by atoms with E-state index in [1.54, 1.807) is 19.3 Å². The predicted octanol–water partition coefficient (Wildman–Crippen LogP) is 4.16. The zero-order valence-electron chi connectivity index (χ0n) is 14.1. The summed E-state index contributed by atoms with van der Waals surface area (Å²) in [7, 11) is 0. The summed E-state index contributed by atoms with van der Waals surface area (Å²) in [5.41, 5.74) is 1.83. The first-order chi connectivity index (χ1) is 12.2. The minimum absolute atomic E-state index is 0.211. The number of hydrogen-bond acceptors (Lipinski definition) is 4. The molecular formula is C21H20O4. The Labute approximate surface area is 146 Å². The van der Waals surface area contributed by atoms with E-state index >= 15 is 0 Å². The minimum atomic E-state index is -0.789. The Balaban J connectivity index is 1.90. The summed E-state index contributed by atoms with van der Waals surface area (Å²) in [4.78, 5) is 25.0. The number of benzene rings is 1. The molecule has 0 bridgehead atoms. The lowest BCUT2D eigenvalue weighted by Crippen LogP contribution is -2.34. The molecule has 25 heavy (non-hydrogen) atoms. The summed E-state index contributed by atoms with van der Waals surface area (Å²) >= 11 is 0. The van der Waals surface area contributed by atoms with Crippen molar-refractivity contribution in [2.75, 3.05) is 6.61 Å². The molecule has 1 heterocycles. The van der Waals surface area contributed by atoms with Crippen molar-refractivity contribution in [3.05, 3.63) is 77.8 Å². The van der Waals surface area contributed by atoms with Crippen LogP contribution in [0.3, 0.4) is 0 Å². The fourth-order valence-electron chi connectivity index (χ4n) is 3.12.